The van der Waals surface area contributed by atoms with E-state index in [1.807, 2.05) is 0 Å². The van der Waals surface area contributed by atoms with Gasteiger partial charge in [-0.2, -0.15) is 5.26 Å². The van der Waals surface area contributed by atoms with Crippen LogP contribution in [0.2, 0.25) is 0 Å². The van der Waals surface area contributed by atoms with E-state index in [2.05, 4.69) is 0 Å². The molecule has 0 bridgehead atoms. The van der Waals surface area contributed by atoms with E-state index in [1.54, 1.807) is 36.4 Å². The van der Waals surface area contributed by atoms with Crippen LogP contribution in [0.15, 0.2) is 58.8 Å². The molecule has 0 fully saturated rings. The number of rotatable bonds is 3. The molecule has 1 aromatic carbocycles. The molecule has 2 aliphatic rings. The summed E-state index contributed by atoms with van der Waals surface area (Å²) in [4.78, 5) is 12.1. The van der Waals surface area contributed by atoms with Crippen molar-refractivity contribution < 1.29 is 17.6 Å². The van der Waals surface area contributed by atoms with E-state index in [-0.39, 0.29) is 17.5 Å². The molecule has 3 rings (SSSR count). The number of halogens is 1. The summed E-state index contributed by atoms with van der Waals surface area (Å²) in [7, 11) is -4.09. The molecular weight excluding hydrogens is 317 g/mol. The second-order valence-corrected chi connectivity index (χ2v) is 7.00. The van der Waals surface area contributed by atoms with Crippen LogP contribution >= 0.6 is 0 Å². The van der Waals surface area contributed by atoms with Gasteiger partial charge in [-0.05, 0) is 34.9 Å². The van der Waals surface area contributed by atoms with Crippen LogP contribution in [-0.4, -0.2) is 20.0 Å². The highest BCUT2D eigenvalue weighted by molar-refractivity contribution is 7.96. The Morgan fingerprint density at radius 3 is 2.61 bits per heavy atom. The third-order valence-electron chi connectivity index (χ3n) is 3.66. The third-order valence-corrected chi connectivity index (χ3v) is 5.32. The number of benzene rings is 1. The summed E-state index contributed by atoms with van der Waals surface area (Å²) in [5, 5.41) is 9.26. The minimum atomic E-state index is -4.09. The number of sulfone groups is 1. The van der Waals surface area contributed by atoms with Gasteiger partial charge in [0.15, 0.2) is 9.84 Å². The average molecular weight is 327 g/mol. The fraction of sp³-hybridized carbons (Fsp3) is 0.0588. The lowest BCUT2D eigenvalue weighted by Gasteiger charge is -2.16. The first kappa shape index (κ1) is 15.1. The summed E-state index contributed by atoms with van der Waals surface area (Å²) in [6, 6.07) is 8.99. The Labute approximate surface area is 132 Å². The second kappa shape index (κ2) is 5.45. The Hall–Kier alpha value is -2.78. The van der Waals surface area contributed by atoms with E-state index in [9.17, 15) is 22.9 Å². The fourth-order valence-corrected chi connectivity index (χ4v) is 4.01. The van der Waals surface area contributed by atoms with Crippen molar-refractivity contribution in [2.75, 3.05) is 5.75 Å². The first-order valence-electron chi connectivity index (χ1n) is 6.70. The van der Waals surface area contributed by atoms with Crippen molar-refractivity contribution in [3.05, 3.63) is 69.9 Å². The van der Waals surface area contributed by atoms with Gasteiger partial charge in [-0.3, -0.25) is 4.79 Å². The second-order valence-electron chi connectivity index (χ2n) is 5.03. The van der Waals surface area contributed by atoms with Crippen molar-refractivity contribution >= 4 is 27.3 Å². The van der Waals surface area contributed by atoms with Crippen LogP contribution in [0, 0.1) is 11.3 Å². The SMILES string of the molecule is N#CC1=C(S(=O)(=O)CC=CF)C(=O)C2=Cc3ccccc3C2=C1. The van der Waals surface area contributed by atoms with Gasteiger partial charge in [0.1, 0.15) is 11.0 Å². The number of carbonyl (C=O) groups excluding carboxylic acids is 1. The van der Waals surface area contributed by atoms with Crippen LogP contribution in [-0.2, 0) is 14.6 Å². The molecular formula is C17H10FNO3S. The molecule has 0 saturated carbocycles. The number of carbonyl (C=O) groups is 1. The molecule has 4 nitrogen and oxygen atoms in total. The number of hydrogen-bond acceptors (Lipinski definition) is 4. The summed E-state index contributed by atoms with van der Waals surface area (Å²) in [5.41, 5.74) is 2.15. The molecule has 0 aliphatic heterocycles. The standard InChI is InChI=1S/C17H10FNO3S/c18-6-3-7-23(21,22)17-12(10-19)9-14-13-5-2-1-4-11(13)8-15(14)16(17)20/h1-6,8-9H,7H2. The normalized spacial score (nSPS) is 16.8. The Morgan fingerprint density at radius 1 is 1.17 bits per heavy atom. The predicted molar refractivity (Wildman–Crippen MR) is 84.1 cm³/mol. The van der Waals surface area contributed by atoms with Gasteiger partial charge in [-0.25, -0.2) is 12.8 Å². The minimum absolute atomic E-state index is 0.101. The Kier molecular flexibility index (Phi) is 3.58. The third kappa shape index (κ3) is 2.35. The Morgan fingerprint density at radius 2 is 1.91 bits per heavy atom. The molecule has 0 heterocycles. The molecule has 0 unspecified atom stereocenters. The monoisotopic (exact) mass is 327 g/mol. The molecule has 0 radical (unpaired) electrons. The maximum Gasteiger partial charge on any atom is 0.206 e. The summed E-state index contributed by atoms with van der Waals surface area (Å²) in [6.07, 6.45) is 3.91. The van der Waals surface area contributed by atoms with E-state index < -0.39 is 26.3 Å². The van der Waals surface area contributed by atoms with Crippen molar-refractivity contribution in [3.8, 4) is 6.07 Å². The maximum absolute atomic E-state index is 12.6. The highest BCUT2D eigenvalue weighted by Crippen LogP contribution is 2.42. The van der Waals surface area contributed by atoms with E-state index in [1.165, 1.54) is 6.08 Å². The molecule has 0 N–H and O–H groups in total. The summed E-state index contributed by atoms with van der Waals surface area (Å²) in [6.45, 7) is 0. The highest BCUT2D eigenvalue weighted by atomic mass is 32.2. The molecule has 23 heavy (non-hydrogen) atoms. The van der Waals surface area contributed by atoms with Crippen molar-refractivity contribution in [2.24, 2.45) is 0 Å². The zero-order chi connectivity index (χ0) is 16.6. The van der Waals surface area contributed by atoms with Gasteiger partial charge in [0.25, 0.3) is 0 Å². The zero-order valence-corrected chi connectivity index (χ0v) is 12.6. The van der Waals surface area contributed by atoms with Crippen LogP contribution in [0.4, 0.5) is 4.39 Å². The summed E-state index contributed by atoms with van der Waals surface area (Å²) in [5.74, 6) is -1.39. The van der Waals surface area contributed by atoms with Crippen molar-refractivity contribution in [1.82, 2.24) is 0 Å². The first-order chi connectivity index (χ1) is 11.0. The first-order valence-corrected chi connectivity index (χ1v) is 8.35. The lowest BCUT2D eigenvalue weighted by atomic mass is 9.92. The predicted octanol–water partition coefficient (Wildman–Crippen LogP) is 2.73. The van der Waals surface area contributed by atoms with Crippen LogP contribution in [0.5, 0.6) is 0 Å². The van der Waals surface area contributed by atoms with E-state index in [0.717, 1.165) is 17.2 Å². The zero-order valence-electron chi connectivity index (χ0n) is 11.8. The minimum Gasteiger partial charge on any atom is -0.288 e. The van der Waals surface area contributed by atoms with Gasteiger partial charge < -0.3 is 0 Å². The maximum atomic E-state index is 12.6. The van der Waals surface area contributed by atoms with Crippen LogP contribution in [0.3, 0.4) is 0 Å². The Bertz CT molecular complexity index is 989. The molecule has 0 spiro atoms. The fourth-order valence-electron chi connectivity index (χ4n) is 2.68. The average Bonchev–Trinajstić information content (AvgIpc) is 2.91. The lowest BCUT2D eigenvalue weighted by molar-refractivity contribution is -0.111. The number of fused-ring (bicyclic) bond motifs is 3. The number of Topliss-reactive ketones (excluding diaryl/α,β-unsaturated/α-hetero) is 1. The topological polar surface area (TPSA) is 75.0 Å². The molecule has 114 valence electrons. The van der Waals surface area contributed by atoms with Gasteiger partial charge in [0.05, 0.1) is 17.7 Å². The molecule has 0 atom stereocenters. The number of allylic oxidation sites excluding steroid dienone is 5. The lowest BCUT2D eigenvalue weighted by Crippen LogP contribution is -2.21. The number of nitriles is 1. The van der Waals surface area contributed by atoms with Gasteiger partial charge in [0, 0.05) is 5.57 Å². The summed E-state index contributed by atoms with van der Waals surface area (Å²) >= 11 is 0. The van der Waals surface area contributed by atoms with Gasteiger partial charge >= 0.3 is 0 Å². The van der Waals surface area contributed by atoms with Crippen molar-refractivity contribution in [3.63, 3.8) is 0 Å². The Balaban J connectivity index is 2.21. The van der Waals surface area contributed by atoms with E-state index in [0.29, 0.717) is 5.57 Å². The van der Waals surface area contributed by atoms with Crippen LogP contribution in [0.25, 0.3) is 11.6 Å². The molecule has 6 heteroatoms. The smallest absolute Gasteiger partial charge is 0.206 e. The number of ketones is 1. The van der Waals surface area contributed by atoms with Crippen LogP contribution < -0.4 is 0 Å². The van der Waals surface area contributed by atoms with E-state index >= 15 is 0 Å². The number of nitrogens with zero attached hydrogens (tertiary/aromatic N) is 1. The van der Waals surface area contributed by atoms with Gasteiger partial charge in [0.2, 0.25) is 5.78 Å². The molecule has 2 aliphatic carbocycles. The van der Waals surface area contributed by atoms with Gasteiger partial charge in [-0.1, -0.05) is 24.3 Å². The molecule has 0 amide bonds. The molecule has 0 saturated heterocycles. The van der Waals surface area contributed by atoms with Crippen LogP contribution in [0.1, 0.15) is 11.1 Å². The number of hydrogen-bond donors (Lipinski definition) is 0. The summed E-state index contributed by atoms with van der Waals surface area (Å²) < 4.78 is 36.7. The molecule has 1 aromatic rings. The largest absolute Gasteiger partial charge is 0.288 e. The van der Waals surface area contributed by atoms with E-state index in [4.69, 9.17) is 0 Å². The van der Waals surface area contributed by atoms with Crippen molar-refractivity contribution in [2.45, 2.75) is 0 Å². The highest BCUT2D eigenvalue weighted by Gasteiger charge is 2.37. The van der Waals surface area contributed by atoms with Gasteiger partial charge in [-0.15, -0.1) is 0 Å². The quantitative estimate of drug-likeness (QED) is 0.855. The van der Waals surface area contributed by atoms with Crippen molar-refractivity contribution in [1.29, 1.82) is 5.26 Å². The molecule has 0 aromatic heterocycles.